The molecule has 0 saturated heterocycles. The first-order chi connectivity index (χ1) is 5.59. The minimum Gasteiger partial charge on any atom is -0.465 e. The van der Waals surface area contributed by atoms with Gasteiger partial charge in [-0.3, -0.25) is 5.32 Å². The minimum absolute atomic E-state index is 0.234. The Morgan fingerprint density at radius 1 is 1.67 bits per heavy atom. The van der Waals surface area contributed by atoms with Gasteiger partial charge in [-0.05, 0) is 18.6 Å². The zero-order chi connectivity index (χ0) is 9.14. The van der Waals surface area contributed by atoms with E-state index in [-0.39, 0.29) is 5.82 Å². The number of aryl methyl sites for hydroxylation is 1. The second-order valence-corrected chi connectivity index (χ2v) is 2.59. The maximum Gasteiger partial charge on any atom is 0.410 e. The van der Waals surface area contributed by atoms with Gasteiger partial charge in [0.25, 0.3) is 0 Å². The van der Waals surface area contributed by atoms with Gasteiger partial charge in [0.1, 0.15) is 11.0 Å². The van der Waals surface area contributed by atoms with E-state index in [4.69, 9.17) is 16.7 Å². The lowest BCUT2D eigenvalue weighted by molar-refractivity contribution is 0.209. The Hall–Kier alpha value is -1.29. The van der Waals surface area contributed by atoms with Gasteiger partial charge in [-0.1, -0.05) is 17.7 Å². The summed E-state index contributed by atoms with van der Waals surface area (Å²) >= 11 is 5.65. The van der Waals surface area contributed by atoms with E-state index in [2.05, 4.69) is 10.3 Å². The molecule has 0 unspecified atom stereocenters. The Morgan fingerprint density at radius 3 is 2.83 bits per heavy atom. The van der Waals surface area contributed by atoms with Gasteiger partial charge in [0.05, 0.1) is 0 Å². The molecule has 0 spiro atoms. The molecule has 0 aromatic carbocycles. The third-order valence-corrected chi connectivity index (χ3v) is 1.65. The van der Waals surface area contributed by atoms with Crippen LogP contribution in [0.4, 0.5) is 10.6 Å². The van der Waals surface area contributed by atoms with Crippen LogP contribution in [0, 0.1) is 6.92 Å². The number of anilines is 1. The smallest absolute Gasteiger partial charge is 0.410 e. The lowest BCUT2D eigenvalue weighted by Gasteiger charge is -2.01. The van der Waals surface area contributed by atoms with E-state index in [1.54, 1.807) is 19.1 Å². The topological polar surface area (TPSA) is 62.2 Å². The van der Waals surface area contributed by atoms with Crippen LogP contribution in [0.25, 0.3) is 0 Å². The molecule has 1 aromatic heterocycles. The molecule has 1 aromatic rings. The van der Waals surface area contributed by atoms with E-state index in [1.165, 1.54) is 0 Å². The Kier molecular flexibility index (Phi) is 2.50. The molecule has 4 nitrogen and oxygen atoms in total. The molecule has 1 amide bonds. The fourth-order valence-corrected chi connectivity index (χ4v) is 0.837. The van der Waals surface area contributed by atoms with Gasteiger partial charge >= 0.3 is 6.09 Å². The maximum absolute atomic E-state index is 10.2. The van der Waals surface area contributed by atoms with Crippen molar-refractivity contribution in [2.24, 2.45) is 0 Å². The molecule has 0 fully saturated rings. The van der Waals surface area contributed by atoms with Gasteiger partial charge in [0.2, 0.25) is 0 Å². The van der Waals surface area contributed by atoms with Gasteiger partial charge < -0.3 is 5.11 Å². The van der Waals surface area contributed by atoms with Crippen molar-refractivity contribution in [1.82, 2.24) is 4.98 Å². The van der Waals surface area contributed by atoms with E-state index in [0.29, 0.717) is 5.15 Å². The first kappa shape index (κ1) is 8.80. The van der Waals surface area contributed by atoms with Crippen LogP contribution in [0.1, 0.15) is 5.56 Å². The molecule has 0 atom stereocenters. The molecule has 0 bridgehead atoms. The summed E-state index contributed by atoms with van der Waals surface area (Å²) in [7, 11) is 0. The average molecular weight is 187 g/mol. The Morgan fingerprint density at radius 2 is 2.33 bits per heavy atom. The fraction of sp³-hybridized carbons (Fsp3) is 0.143. The van der Waals surface area contributed by atoms with Crippen LogP contribution < -0.4 is 5.32 Å². The van der Waals surface area contributed by atoms with Crippen molar-refractivity contribution in [1.29, 1.82) is 0 Å². The summed E-state index contributed by atoms with van der Waals surface area (Å²) in [6.45, 7) is 1.79. The van der Waals surface area contributed by atoms with Crippen molar-refractivity contribution in [3.63, 3.8) is 0 Å². The lowest BCUT2D eigenvalue weighted by Crippen LogP contribution is -2.08. The van der Waals surface area contributed by atoms with Crippen molar-refractivity contribution < 1.29 is 9.90 Å². The molecule has 0 aliphatic carbocycles. The summed E-state index contributed by atoms with van der Waals surface area (Å²) in [5.41, 5.74) is 0.813. The molecule has 1 heterocycles. The third-order valence-electron chi connectivity index (χ3n) is 1.27. The second kappa shape index (κ2) is 3.40. The Balaban J connectivity index is 2.89. The van der Waals surface area contributed by atoms with E-state index in [0.717, 1.165) is 5.56 Å². The molecule has 0 radical (unpaired) electrons. The fourth-order valence-electron chi connectivity index (χ4n) is 0.683. The first-order valence-corrected chi connectivity index (χ1v) is 3.60. The number of carboxylic acid groups (broad SMARTS) is 1. The highest BCUT2D eigenvalue weighted by atomic mass is 35.5. The summed E-state index contributed by atoms with van der Waals surface area (Å²) in [5.74, 6) is 0.234. The molecule has 64 valence electrons. The first-order valence-electron chi connectivity index (χ1n) is 3.22. The number of amides is 1. The van der Waals surface area contributed by atoms with E-state index >= 15 is 0 Å². The SMILES string of the molecule is Cc1ccc(NC(=O)O)nc1Cl. The highest BCUT2D eigenvalue weighted by Gasteiger charge is 2.01. The number of hydrogen-bond donors (Lipinski definition) is 2. The highest BCUT2D eigenvalue weighted by Crippen LogP contribution is 2.14. The molecule has 2 N–H and O–H groups in total. The van der Waals surface area contributed by atoms with Crippen molar-refractivity contribution in [2.45, 2.75) is 6.92 Å². The molecule has 0 aliphatic heterocycles. The molecular formula is C7H7ClN2O2. The number of hydrogen-bond acceptors (Lipinski definition) is 2. The van der Waals surface area contributed by atoms with Crippen molar-refractivity contribution in [2.75, 3.05) is 5.32 Å². The van der Waals surface area contributed by atoms with Crippen LogP contribution in [0.5, 0.6) is 0 Å². The molecule has 0 saturated carbocycles. The number of pyridine rings is 1. The van der Waals surface area contributed by atoms with Crippen molar-refractivity contribution in [3.05, 3.63) is 22.8 Å². The van der Waals surface area contributed by atoms with Crippen LogP contribution in [-0.2, 0) is 0 Å². The second-order valence-electron chi connectivity index (χ2n) is 2.23. The molecule has 12 heavy (non-hydrogen) atoms. The molecule has 1 rings (SSSR count). The zero-order valence-electron chi connectivity index (χ0n) is 6.34. The summed E-state index contributed by atoms with van der Waals surface area (Å²) in [4.78, 5) is 14.0. The van der Waals surface area contributed by atoms with Gasteiger partial charge in [-0.25, -0.2) is 9.78 Å². The number of rotatable bonds is 1. The quantitative estimate of drug-likeness (QED) is 0.661. The Bertz CT molecular complexity index is 314. The van der Waals surface area contributed by atoms with Crippen molar-refractivity contribution >= 4 is 23.5 Å². The summed E-state index contributed by atoms with van der Waals surface area (Å²) < 4.78 is 0. The lowest BCUT2D eigenvalue weighted by atomic mass is 10.3. The number of nitrogens with one attached hydrogen (secondary N) is 1. The Labute approximate surface area is 74.2 Å². The standard InChI is InChI=1S/C7H7ClN2O2/c1-4-2-3-5(9-6(4)8)10-7(11)12/h2-3H,1H3,(H,9,10)(H,11,12). The van der Waals surface area contributed by atoms with Crippen LogP contribution in [0.3, 0.4) is 0 Å². The normalized spacial score (nSPS) is 9.50. The van der Waals surface area contributed by atoms with Gasteiger partial charge in [0, 0.05) is 0 Å². The summed E-state index contributed by atoms with van der Waals surface area (Å²) in [5, 5.41) is 10.7. The highest BCUT2D eigenvalue weighted by molar-refractivity contribution is 6.30. The predicted octanol–water partition coefficient (Wildman–Crippen LogP) is 2.13. The summed E-state index contributed by atoms with van der Waals surface area (Å²) in [6, 6.07) is 3.25. The number of halogens is 1. The largest absolute Gasteiger partial charge is 0.465 e. The monoisotopic (exact) mass is 186 g/mol. The van der Waals surface area contributed by atoms with Gasteiger partial charge in [-0.15, -0.1) is 0 Å². The number of aromatic nitrogens is 1. The predicted molar refractivity (Wildman–Crippen MR) is 45.6 cm³/mol. The van der Waals surface area contributed by atoms with Crippen LogP contribution in [0.15, 0.2) is 12.1 Å². The minimum atomic E-state index is -1.15. The molecule has 0 aliphatic rings. The number of nitrogens with zero attached hydrogens (tertiary/aromatic N) is 1. The number of carbonyl (C=O) groups is 1. The van der Waals surface area contributed by atoms with Crippen LogP contribution in [0.2, 0.25) is 5.15 Å². The van der Waals surface area contributed by atoms with Crippen molar-refractivity contribution in [3.8, 4) is 0 Å². The van der Waals surface area contributed by atoms with Gasteiger partial charge in [0.15, 0.2) is 0 Å². The third kappa shape index (κ3) is 2.10. The van der Waals surface area contributed by atoms with Crippen LogP contribution >= 0.6 is 11.6 Å². The van der Waals surface area contributed by atoms with E-state index in [9.17, 15) is 4.79 Å². The van der Waals surface area contributed by atoms with E-state index < -0.39 is 6.09 Å². The molecule has 5 heteroatoms. The molecular weight excluding hydrogens is 180 g/mol. The van der Waals surface area contributed by atoms with E-state index in [1.807, 2.05) is 0 Å². The van der Waals surface area contributed by atoms with Gasteiger partial charge in [-0.2, -0.15) is 0 Å². The zero-order valence-corrected chi connectivity index (χ0v) is 7.09. The average Bonchev–Trinajstić information content (AvgIpc) is 1.96. The maximum atomic E-state index is 10.2. The summed E-state index contributed by atoms with van der Waals surface area (Å²) in [6.07, 6.45) is -1.15. The van der Waals surface area contributed by atoms with Crippen LogP contribution in [-0.4, -0.2) is 16.2 Å².